The van der Waals surface area contributed by atoms with E-state index in [1.165, 1.54) is 24.3 Å². The first-order chi connectivity index (χ1) is 12.5. The SMILES string of the molecule is CS(=O)(=O)c1cccc(NC(=O)CCNS(=O)(=O)c2ccc(F)c(F)c2)c1. The van der Waals surface area contributed by atoms with Crippen LogP contribution in [0.5, 0.6) is 0 Å². The lowest BCUT2D eigenvalue weighted by molar-refractivity contribution is -0.116. The Morgan fingerprint density at radius 1 is 0.963 bits per heavy atom. The van der Waals surface area contributed by atoms with Crippen LogP contribution in [0.1, 0.15) is 6.42 Å². The number of halogens is 2. The minimum Gasteiger partial charge on any atom is -0.326 e. The standard InChI is InChI=1S/C16H16F2N2O5S2/c1-26(22,23)12-4-2-3-11(9-12)20-16(21)7-8-19-27(24,25)13-5-6-14(17)15(18)10-13/h2-6,9-10,19H,7-8H2,1H3,(H,20,21). The Morgan fingerprint density at radius 3 is 2.30 bits per heavy atom. The number of sulfonamides is 1. The zero-order chi connectivity index (χ0) is 20.2. The monoisotopic (exact) mass is 418 g/mol. The van der Waals surface area contributed by atoms with Gasteiger partial charge in [0.15, 0.2) is 21.5 Å². The molecular formula is C16H16F2N2O5S2. The molecule has 11 heteroatoms. The molecule has 27 heavy (non-hydrogen) atoms. The molecule has 146 valence electrons. The largest absolute Gasteiger partial charge is 0.326 e. The number of carbonyl (C=O) groups is 1. The fourth-order valence-corrected chi connectivity index (χ4v) is 3.76. The van der Waals surface area contributed by atoms with Gasteiger partial charge in [-0.2, -0.15) is 0 Å². The van der Waals surface area contributed by atoms with Crippen LogP contribution >= 0.6 is 0 Å². The third kappa shape index (κ3) is 5.81. The van der Waals surface area contributed by atoms with Gasteiger partial charge in [0.05, 0.1) is 9.79 Å². The molecule has 0 saturated carbocycles. The van der Waals surface area contributed by atoms with Gasteiger partial charge in [-0.15, -0.1) is 0 Å². The average Bonchev–Trinajstić information content (AvgIpc) is 2.56. The van der Waals surface area contributed by atoms with Crippen LogP contribution in [0, 0.1) is 11.6 Å². The zero-order valence-corrected chi connectivity index (χ0v) is 15.7. The highest BCUT2D eigenvalue weighted by molar-refractivity contribution is 7.90. The highest BCUT2D eigenvalue weighted by Gasteiger charge is 2.17. The van der Waals surface area contributed by atoms with Crippen molar-refractivity contribution in [3.8, 4) is 0 Å². The summed E-state index contributed by atoms with van der Waals surface area (Å²) in [6.45, 7) is -0.293. The number of benzene rings is 2. The third-order valence-electron chi connectivity index (χ3n) is 3.39. The fourth-order valence-electron chi connectivity index (χ4n) is 2.05. The van der Waals surface area contributed by atoms with Crippen LogP contribution in [0.4, 0.5) is 14.5 Å². The van der Waals surface area contributed by atoms with Gasteiger partial charge in [0.1, 0.15) is 0 Å². The maximum Gasteiger partial charge on any atom is 0.240 e. The molecule has 0 radical (unpaired) electrons. The number of nitrogens with one attached hydrogen (secondary N) is 2. The van der Waals surface area contributed by atoms with Crippen LogP contribution in [-0.4, -0.2) is 35.5 Å². The first-order valence-electron chi connectivity index (χ1n) is 7.54. The Morgan fingerprint density at radius 2 is 1.67 bits per heavy atom. The van der Waals surface area contributed by atoms with E-state index in [9.17, 15) is 30.4 Å². The van der Waals surface area contributed by atoms with Crippen molar-refractivity contribution in [1.82, 2.24) is 4.72 Å². The number of anilines is 1. The van der Waals surface area contributed by atoms with Gasteiger partial charge in [-0.1, -0.05) is 6.07 Å². The second-order valence-electron chi connectivity index (χ2n) is 5.57. The summed E-state index contributed by atoms with van der Waals surface area (Å²) in [5.41, 5.74) is 0.242. The molecule has 0 bridgehead atoms. The molecule has 2 aromatic rings. The zero-order valence-electron chi connectivity index (χ0n) is 14.1. The van der Waals surface area contributed by atoms with Crippen molar-refractivity contribution in [2.45, 2.75) is 16.2 Å². The normalized spacial score (nSPS) is 12.0. The maximum atomic E-state index is 13.1. The molecule has 0 atom stereocenters. The smallest absolute Gasteiger partial charge is 0.240 e. The first kappa shape index (κ1) is 20.9. The van der Waals surface area contributed by atoms with Crippen molar-refractivity contribution in [3.63, 3.8) is 0 Å². The van der Waals surface area contributed by atoms with Gasteiger partial charge in [-0.05, 0) is 36.4 Å². The molecule has 0 aliphatic carbocycles. The molecule has 0 saturated heterocycles. The van der Waals surface area contributed by atoms with E-state index in [4.69, 9.17) is 0 Å². The van der Waals surface area contributed by atoms with E-state index in [1.54, 1.807) is 0 Å². The van der Waals surface area contributed by atoms with E-state index < -0.39 is 42.3 Å². The average molecular weight is 418 g/mol. The summed E-state index contributed by atoms with van der Waals surface area (Å²) < 4.78 is 75.1. The molecule has 0 aliphatic heterocycles. The summed E-state index contributed by atoms with van der Waals surface area (Å²) in [5, 5.41) is 2.45. The maximum absolute atomic E-state index is 13.1. The third-order valence-corrected chi connectivity index (χ3v) is 5.96. The summed E-state index contributed by atoms with van der Waals surface area (Å²) >= 11 is 0. The number of hydrogen-bond acceptors (Lipinski definition) is 5. The predicted octanol–water partition coefficient (Wildman–Crippen LogP) is 1.68. The molecule has 7 nitrogen and oxygen atoms in total. The van der Waals surface area contributed by atoms with Crippen LogP contribution in [0.2, 0.25) is 0 Å². The van der Waals surface area contributed by atoms with Gasteiger partial charge in [0.25, 0.3) is 0 Å². The Labute approximate surface area is 155 Å². The molecule has 0 aliphatic rings. The van der Waals surface area contributed by atoms with Crippen molar-refractivity contribution in [2.24, 2.45) is 0 Å². The lowest BCUT2D eigenvalue weighted by Gasteiger charge is -2.09. The quantitative estimate of drug-likeness (QED) is 0.711. The predicted molar refractivity (Wildman–Crippen MR) is 94.3 cm³/mol. The summed E-state index contributed by atoms with van der Waals surface area (Å²) in [6.07, 6.45) is 0.771. The second kappa shape index (κ2) is 8.11. The van der Waals surface area contributed by atoms with Crippen molar-refractivity contribution < 1.29 is 30.4 Å². The number of amides is 1. The molecule has 0 heterocycles. The number of rotatable bonds is 7. The van der Waals surface area contributed by atoms with E-state index >= 15 is 0 Å². The molecule has 1 amide bonds. The van der Waals surface area contributed by atoms with Crippen molar-refractivity contribution >= 4 is 31.5 Å². The summed E-state index contributed by atoms with van der Waals surface area (Å²) in [7, 11) is -7.55. The molecule has 0 fully saturated rings. The summed E-state index contributed by atoms with van der Waals surface area (Å²) in [6, 6.07) is 7.72. The van der Waals surface area contributed by atoms with Crippen molar-refractivity contribution in [3.05, 3.63) is 54.1 Å². The van der Waals surface area contributed by atoms with Crippen molar-refractivity contribution in [2.75, 3.05) is 18.1 Å². The topological polar surface area (TPSA) is 109 Å². The fraction of sp³-hybridized carbons (Fsp3) is 0.188. The van der Waals surface area contributed by atoms with Crippen LogP contribution in [0.25, 0.3) is 0 Å². The summed E-state index contributed by atoms with van der Waals surface area (Å²) in [4.78, 5) is 11.4. The lowest BCUT2D eigenvalue weighted by atomic mass is 10.3. The van der Waals surface area contributed by atoms with Gasteiger partial charge >= 0.3 is 0 Å². The lowest BCUT2D eigenvalue weighted by Crippen LogP contribution is -2.28. The summed E-state index contributed by atoms with van der Waals surface area (Å²) in [5.74, 6) is -3.04. The number of sulfone groups is 1. The molecule has 2 rings (SSSR count). The van der Waals surface area contributed by atoms with Crippen molar-refractivity contribution in [1.29, 1.82) is 0 Å². The highest BCUT2D eigenvalue weighted by atomic mass is 32.2. The minimum absolute atomic E-state index is 0.0272. The number of hydrogen-bond donors (Lipinski definition) is 2. The molecule has 0 unspecified atom stereocenters. The minimum atomic E-state index is -4.11. The number of carbonyl (C=O) groups excluding carboxylic acids is 1. The Hall–Kier alpha value is -2.37. The second-order valence-corrected chi connectivity index (χ2v) is 9.35. The molecular weight excluding hydrogens is 402 g/mol. The highest BCUT2D eigenvalue weighted by Crippen LogP contribution is 2.16. The van der Waals surface area contributed by atoms with Gasteiger partial charge in [-0.3, -0.25) is 4.79 Å². The molecule has 0 aromatic heterocycles. The van der Waals surface area contributed by atoms with Gasteiger partial charge in [-0.25, -0.2) is 30.3 Å². The van der Waals surface area contributed by atoms with E-state index in [-0.39, 0.29) is 23.5 Å². The van der Waals surface area contributed by atoms with Gasteiger partial charge in [0.2, 0.25) is 15.9 Å². The Balaban J connectivity index is 1.95. The molecule has 0 spiro atoms. The van der Waals surface area contributed by atoms with E-state index in [0.29, 0.717) is 12.1 Å². The van der Waals surface area contributed by atoms with Gasteiger partial charge < -0.3 is 5.32 Å². The first-order valence-corrected chi connectivity index (χ1v) is 10.9. The molecule has 2 N–H and O–H groups in total. The van der Waals surface area contributed by atoms with E-state index in [1.807, 2.05) is 0 Å². The Bertz CT molecular complexity index is 1070. The Kier molecular flexibility index (Phi) is 6.29. The van der Waals surface area contributed by atoms with E-state index in [0.717, 1.165) is 12.3 Å². The van der Waals surface area contributed by atoms with Crippen LogP contribution in [0.15, 0.2) is 52.3 Å². The van der Waals surface area contributed by atoms with Crippen LogP contribution < -0.4 is 10.0 Å². The van der Waals surface area contributed by atoms with Crippen LogP contribution in [0.3, 0.4) is 0 Å². The van der Waals surface area contributed by atoms with Crippen LogP contribution in [-0.2, 0) is 24.7 Å². The van der Waals surface area contributed by atoms with E-state index in [2.05, 4.69) is 10.0 Å². The van der Waals surface area contributed by atoms with Gasteiger partial charge in [0, 0.05) is 24.9 Å². The molecule has 2 aromatic carbocycles.